The summed E-state index contributed by atoms with van der Waals surface area (Å²) in [7, 11) is 3.99. The predicted octanol–water partition coefficient (Wildman–Crippen LogP) is 5.07. The minimum absolute atomic E-state index is 0.0804. The van der Waals surface area contributed by atoms with Crippen molar-refractivity contribution in [2.45, 2.75) is 56.3 Å². The largest absolute Gasteiger partial charge is 0.370 e. The molecule has 1 aromatic heterocycles. The highest BCUT2D eigenvalue weighted by molar-refractivity contribution is 8.77. The number of nitrogens with one attached hydrogen (secondary N) is 2. The number of benzene rings is 1. The Morgan fingerprint density at radius 3 is 3.12 bits per heavy atom. The minimum atomic E-state index is 0.0804. The van der Waals surface area contributed by atoms with Crippen LogP contribution in [0.15, 0.2) is 18.2 Å². The smallest absolute Gasteiger partial charge is 0.224 e. The number of aromatic amines is 1. The highest BCUT2D eigenvalue weighted by Gasteiger charge is 2.21. The molecule has 2 N–H and O–H groups in total. The summed E-state index contributed by atoms with van der Waals surface area (Å²) in [6.07, 6.45) is 7.42. The molecule has 4 rings (SSSR count). The van der Waals surface area contributed by atoms with E-state index in [1.54, 1.807) is 0 Å². The van der Waals surface area contributed by atoms with Gasteiger partial charge in [0.05, 0.1) is 11.0 Å². The van der Waals surface area contributed by atoms with Crippen LogP contribution >= 0.6 is 21.6 Å². The third-order valence-electron chi connectivity index (χ3n) is 4.93. The van der Waals surface area contributed by atoms with E-state index in [0.29, 0.717) is 6.42 Å². The van der Waals surface area contributed by atoms with Gasteiger partial charge in [-0.15, -0.1) is 0 Å². The first-order chi connectivity index (χ1) is 12.8. The van der Waals surface area contributed by atoms with Crippen molar-refractivity contribution in [3.8, 4) is 0 Å². The predicted molar refractivity (Wildman–Crippen MR) is 110 cm³/mol. The second kappa shape index (κ2) is 8.67. The molecule has 2 atom stereocenters. The number of ether oxygens (including phenoxy) is 1. The van der Waals surface area contributed by atoms with Gasteiger partial charge in [-0.1, -0.05) is 28.0 Å². The van der Waals surface area contributed by atoms with Gasteiger partial charge in [0.2, 0.25) is 5.91 Å². The van der Waals surface area contributed by atoms with E-state index in [-0.39, 0.29) is 12.0 Å². The lowest BCUT2D eigenvalue weighted by molar-refractivity contribution is -0.116. The fraction of sp³-hybridized carbons (Fsp3) is 0.579. The molecule has 140 valence electrons. The fourth-order valence-corrected chi connectivity index (χ4v) is 6.53. The molecule has 0 saturated carbocycles. The zero-order valence-electron chi connectivity index (χ0n) is 14.8. The lowest BCUT2D eigenvalue weighted by atomic mass is 10.1. The number of fused-ring (bicyclic) bond motifs is 1. The molecule has 0 aliphatic carbocycles. The summed E-state index contributed by atoms with van der Waals surface area (Å²) >= 11 is 0. The van der Waals surface area contributed by atoms with E-state index in [1.807, 2.05) is 39.8 Å². The second-order valence-corrected chi connectivity index (χ2v) is 9.77. The number of imidazole rings is 1. The Bertz CT molecular complexity index is 752. The molecule has 2 saturated heterocycles. The molecule has 2 aliphatic rings. The van der Waals surface area contributed by atoms with Gasteiger partial charge in [-0.25, -0.2) is 4.98 Å². The SMILES string of the molecule is O=C(CCCC[C@@H]1CCSS1)Nc1ccc2nc([C@@H]3CCCO3)[nH]c2c1. The van der Waals surface area contributed by atoms with Crippen molar-refractivity contribution in [1.29, 1.82) is 0 Å². The summed E-state index contributed by atoms with van der Waals surface area (Å²) in [5, 5.41) is 3.81. The van der Waals surface area contributed by atoms with E-state index >= 15 is 0 Å². The molecule has 0 spiro atoms. The molecule has 5 nitrogen and oxygen atoms in total. The van der Waals surface area contributed by atoms with Crippen LogP contribution in [0.2, 0.25) is 0 Å². The zero-order chi connectivity index (χ0) is 17.8. The van der Waals surface area contributed by atoms with Crippen LogP contribution in [0.25, 0.3) is 11.0 Å². The standard InChI is InChI=1S/C19H25N3O2S2/c23-18(6-2-1-4-14-9-11-25-26-14)20-13-7-8-15-16(12-13)22-19(21-15)17-5-3-10-24-17/h7-8,12,14,17H,1-6,9-11H2,(H,20,23)(H,21,22)/t14-,17+/m1/s1. The normalized spacial score (nSPS) is 22.9. The Hall–Kier alpha value is -1.18. The molecular weight excluding hydrogens is 366 g/mol. The number of carbonyl (C=O) groups is 1. The maximum absolute atomic E-state index is 12.2. The van der Waals surface area contributed by atoms with E-state index < -0.39 is 0 Å². The molecule has 1 aromatic carbocycles. The van der Waals surface area contributed by atoms with Gasteiger partial charge in [0.1, 0.15) is 11.9 Å². The average Bonchev–Trinajstić information content (AvgIpc) is 3.39. The number of nitrogens with zero attached hydrogens (tertiary/aromatic N) is 1. The Morgan fingerprint density at radius 2 is 2.31 bits per heavy atom. The van der Waals surface area contributed by atoms with Crippen LogP contribution in [0, 0.1) is 0 Å². The molecule has 7 heteroatoms. The lowest BCUT2D eigenvalue weighted by Gasteiger charge is -2.07. The number of hydrogen-bond donors (Lipinski definition) is 2. The van der Waals surface area contributed by atoms with Crippen LogP contribution in [-0.4, -0.2) is 33.5 Å². The fourth-order valence-electron chi connectivity index (χ4n) is 3.50. The van der Waals surface area contributed by atoms with Gasteiger partial charge in [0.25, 0.3) is 0 Å². The summed E-state index contributed by atoms with van der Waals surface area (Å²) in [5.74, 6) is 2.26. The van der Waals surface area contributed by atoms with Crippen molar-refractivity contribution in [3.63, 3.8) is 0 Å². The van der Waals surface area contributed by atoms with Crippen LogP contribution in [-0.2, 0) is 9.53 Å². The van der Waals surface area contributed by atoms with Crippen molar-refractivity contribution >= 4 is 44.2 Å². The Kier molecular flexibility index (Phi) is 6.07. The van der Waals surface area contributed by atoms with E-state index in [2.05, 4.69) is 15.3 Å². The van der Waals surface area contributed by atoms with Crippen molar-refractivity contribution < 1.29 is 9.53 Å². The van der Waals surface area contributed by atoms with Crippen LogP contribution < -0.4 is 5.32 Å². The van der Waals surface area contributed by atoms with E-state index in [1.165, 1.54) is 18.6 Å². The molecule has 0 radical (unpaired) electrons. The maximum Gasteiger partial charge on any atom is 0.224 e. The lowest BCUT2D eigenvalue weighted by Crippen LogP contribution is -2.11. The van der Waals surface area contributed by atoms with Gasteiger partial charge < -0.3 is 15.0 Å². The number of aromatic nitrogens is 2. The van der Waals surface area contributed by atoms with Gasteiger partial charge in [0.15, 0.2) is 0 Å². The van der Waals surface area contributed by atoms with Gasteiger partial charge in [0, 0.05) is 29.7 Å². The van der Waals surface area contributed by atoms with Crippen LogP contribution in [0.4, 0.5) is 5.69 Å². The second-order valence-electron chi connectivity index (χ2n) is 6.98. The molecule has 26 heavy (non-hydrogen) atoms. The van der Waals surface area contributed by atoms with Crippen molar-refractivity contribution in [2.75, 3.05) is 17.7 Å². The number of hydrogen-bond acceptors (Lipinski definition) is 5. The highest BCUT2D eigenvalue weighted by atomic mass is 33.1. The monoisotopic (exact) mass is 391 g/mol. The minimum Gasteiger partial charge on any atom is -0.370 e. The number of unbranched alkanes of at least 4 members (excludes halogenated alkanes) is 1. The van der Waals surface area contributed by atoms with Crippen LogP contribution in [0.5, 0.6) is 0 Å². The number of amides is 1. The third-order valence-corrected chi connectivity index (χ3v) is 7.93. The molecule has 0 unspecified atom stereocenters. The number of carbonyl (C=O) groups excluding carboxylic acids is 1. The Morgan fingerprint density at radius 1 is 1.35 bits per heavy atom. The zero-order valence-corrected chi connectivity index (χ0v) is 16.5. The van der Waals surface area contributed by atoms with Gasteiger partial charge >= 0.3 is 0 Å². The maximum atomic E-state index is 12.2. The average molecular weight is 392 g/mol. The summed E-state index contributed by atoms with van der Waals surface area (Å²) < 4.78 is 5.69. The van der Waals surface area contributed by atoms with Gasteiger partial charge in [-0.3, -0.25) is 4.79 Å². The molecule has 3 heterocycles. The van der Waals surface area contributed by atoms with E-state index in [0.717, 1.165) is 60.1 Å². The molecule has 2 aromatic rings. The van der Waals surface area contributed by atoms with Gasteiger partial charge in [-0.05, 0) is 50.3 Å². The summed E-state index contributed by atoms with van der Waals surface area (Å²) in [6.45, 7) is 0.807. The number of rotatable bonds is 7. The molecule has 2 fully saturated rings. The number of anilines is 1. The first-order valence-corrected chi connectivity index (χ1v) is 11.9. The van der Waals surface area contributed by atoms with E-state index in [4.69, 9.17) is 4.74 Å². The summed E-state index contributed by atoms with van der Waals surface area (Å²) in [5.41, 5.74) is 2.69. The Labute approximate surface area is 161 Å². The quantitative estimate of drug-likeness (QED) is 0.510. The van der Waals surface area contributed by atoms with Gasteiger partial charge in [-0.2, -0.15) is 0 Å². The molecule has 0 bridgehead atoms. The number of H-pyrrole nitrogens is 1. The van der Waals surface area contributed by atoms with Crippen molar-refractivity contribution in [2.24, 2.45) is 0 Å². The topological polar surface area (TPSA) is 67.0 Å². The molecular formula is C19H25N3O2S2. The van der Waals surface area contributed by atoms with Crippen molar-refractivity contribution in [1.82, 2.24) is 9.97 Å². The third kappa shape index (κ3) is 4.56. The van der Waals surface area contributed by atoms with Crippen LogP contribution in [0.1, 0.15) is 56.9 Å². The first kappa shape index (κ1) is 18.2. The molecule has 1 amide bonds. The Balaban J connectivity index is 1.28. The van der Waals surface area contributed by atoms with E-state index in [9.17, 15) is 4.79 Å². The summed E-state index contributed by atoms with van der Waals surface area (Å²) in [4.78, 5) is 20.2. The summed E-state index contributed by atoms with van der Waals surface area (Å²) in [6, 6.07) is 5.84. The highest BCUT2D eigenvalue weighted by Crippen LogP contribution is 2.39. The van der Waals surface area contributed by atoms with Crippen LogP contribution in [0.3, 0.4) is 0 Å². The molecule has 2 aliphatic heterocycles. The van der Waals surface area contributed by atoms with Crippen molar-refractivity contribution in [3.05, 3.63) is 24.0 Å². The first-order valence-electron chi connectivity index (χ1n) is 9.47.